The second-order valence-electron chi connectivity index (χ2n) is 6.16. The third kappa shape index (κ3) is 4.47. The predicted octanol–water partition coefficient (Wildman–Crippen LogP) is 2.64. The minimum Gasteiger partial charge on any atom is -0.370 e. The van der Waals surface area contributed by atoms with Gasteiger partial charge < -0.3 is 10.6 Å². The van der Waals surface area contributed by atoms with Crippen molar-refractivity contribution in [3.05, 3.63) is 73.3 Å². The number of amides is 2. The second kappa shape index (κ2) is 8.25. The van der Waals surface area contributed by atoms with E-state index >= 15 is 0 Å². The van der Waals surface area contributed by atoms with Crippen LogP contribution in [0.3, 0.4) is 0 Å². The maximum atomic E-state index is 13.2. The van der Waals surface area contributed by atoms with Gasteiger partial charge in [-0.1, -0.05) is 12.1 Å². The lowest BCUT2D eigenvalue weighted by atomic mass is 10.0. The lowest BCUT2D eigenvalue weighted by molar-refractivity contribution is -0.394. The lowest BCUT2D eigenvalue weighted by Gasteiger charge is -2.23. The van der Waals surface area contributed by atoms with Crippen LogP contribution in [0.5, 0.6) is 0 Å². The van der Waals surface area contributed by atoms with Crippen molar-refractivity contribution in [3.63, 3.8) is 0 Å². The molecule has 0 bridgehead atoms. The van der Waals surface area contributed by atoms with Gasteiger partial charge in [-0.25, -0.2) is 0 Å². The maximum absolute atomic E-state index is 13.2. The first-order valence-electron chi connectivity index (χ1n) is 8.22. The molecule has 0 fully saturated rings. The Bertz CT molecular complexity index is 973. The molecule has 2 aromatic carbocycles. The summed E-state index contributed by atoms with van der Waals surface area (Å²) in [6.07, 6.45) is -0.143. The molecule has 10 heteroatoms. The van der Waals surface area contributed by atoms with Crippen LogP contribution in [-0.2, 0) is 4.79 Å². The van der Waals surface area contributed by atoms with E-state index in [1.54, 1.807) is 18.2 Å². The zero-order valence-electron chi connectivity index (χ0n) is 15.2. The molecule has 28 heavy (non-hydrogen) atoms. The third-order valence-corrected chi connectivity index (χ3v) is 4.14. The first-order valence-corrected chi connectivity index (χ1v) is 8.22. The van der Waals surface area contributed by atoms with Crippen molar-refractivity contribution in [1.82, 2.24) is 0 Å². The van der Waals surface area contributed by atoms with Crippen molar-refractivity contribution in [2.75, 3.05) is 11.4 Å². The number of nitrogens with two attached hydrogens (primary N) is 1. The molecule has 0 aromatic heterocycles. The zero-order chi connectivity index (χ0) is 21.0. The fourth-order valence-corrected chi connectivity index (χ4v) is 2.71. The number of carbonyl (C=O) groups excluding carboxylic acids is 2. The van der Waals surface area contributed by atoms with Gasteiger partial charge in [-0.05, 0) is 31.5 Å². The third-order valence-electron chi connectivity index (χ3n) is 4.14. The Kier molecular flexibility index (Phi) is 6.04. The molecule has 0 unspecified atom stereocenters. The van der Waals surface area contributed by atoms with Gasteiger partial charge in [0.25, 0.3) is 17.3 Å². The monoisotopic (exact) mass is 386 g/mol. The largest absolute Gasteiger partial charge is 0.370 e. The molecule has 2 N–H and O–H groups in total. The standard InChI is InChI=1S/C18H18N4O6/c1-11-4-3-5-13(8-11)20(7-6-17(19)23)18(24)15-9-14(21(25)26)10-16(12(15)2)22(27)28/h3-5,8-10H,6-7H2,1-2H3,(H2,19,23). The SMILES string of the molecule is Cc1cccc(N(CCC(N)=O)C(=O)c2cc([N+](=O)[O-])cc([N+](=O)[O-])c2C)c1. The number of primary amides is 1. The molecule has 0 atom stereocenters. The molecule has 0 radical (unpaired) electrons. The van der Waals surface area contributed by atoms with E-state index in [-0.39, 0.29) is 24.1 Å². The van der Waals surface area contributed by atoms with Crippen molar-refractivity contribution < 1.29 is 19.4 Å². The fourth-order valence-electron chi connectivity index (χ4n) is 2.71. The normalized spacial score (nSPS) is 10.4. The number of rotatable bonds is 7. The Hall–Kier alpha value is -3.82. The van der Waals surface area contributed by atoms with E-state index in [0.717, 1.165) is 17.7 Å². The summed E-state index contributed by atoms with van der Waals surface area (Å²) < 4.78 is 0. The Morgan fingerprint density at radius 2 is 1.75 bits per heavy atom. The van der Waals surface area contributed by atoms with Crippen molar-refractivity contribution in [2.45, 2.75) is 20.3 Å². The molecule has 0 saturated heterocycles. The van der Waals surface area contributed by atoms with Crippen LogP contribution in [0, 0.1) is 34.1 Å². The molecule has 0 saturated carbocycles. The summed E-state index contributed by atoms with van der Waals surface area (Å²) >= 11 is 0. The molecule has 0 spiro atoms. The van der Waals surface area contributed by atoms with Gasteiger partial charge >= 0.3 is 0 Å². The van der Waals surface area contributed by atoms with Crippen LogP contribution < -0.4 is 10.6 Å². The average Bonchev–Trinajstić information content (AvgIpc) is 2.61. The Morgan fingerprint density at radius 1 is 1.07 bits per heavy atom. The zero-order valence-corrected chi connectivity index (χ0v) is 15.2. The number of nitrogens with zero attached hydrogens (tertiary/aromatic N) is 3. The molecular formula is C18H18N4O6. The van der Waals surface area contributed by atoms with E-state index in [1.807, 2.05) is 13.0 Å². The minimum atomic E-state index is -0.802. The van der Waals surface area contributed by atoms with Crippen LogP contribution >= 0.6 is 0 Å². The Balaban J connectivity index is 2.61. The molecule has 10 nitrogen and oxygen atoms in total. The number of nitro benzene ring substituents is 2. The van der Waals surface area contributed by atoms with Gasteiger partial charge in [0, 0.05) is 30.3 Å². The first kappa shape index (κ1) is 20.5. The number of hydrogen-bond donors (Lipinski definition) is 1. The van der Waals surface area contributed by atoms with Crippen molar-refractivity contribution in [1.29, 1.82) is 0 Å². The summed E-state index contributed by atoms with van der Waals surface area (Å²) in [5.74, 6) is -1.33. The van der Waals surface area contributed by atoms with Gasteiger partial charge in [-0.15, -0.1) is 0 Å². The van der Waals surface area contributed by atoms with Gasteiger partial charge in [-0.3, -0.25) is 29.8 Å². The van der Waals surface area contributed by atoms with Gasteiger partial charge in [0.05, 0.1) is 21.5 Å². The highest BCUT2D eigenvalue weighted by Crippen LogP contribution is 2.30. The number of hydrogen-bond acceptors (Lipinski definition) is 6. The van der Waals surface area contributed by atoms with Crippen molar-refractivity contribution in [3.8, 4) is 0 Å². The topological polar surface area (TPSA) is 150 Å². The van der Waals surface area contributed by atoms with Gasteiger partial charge in [-0.2, -0.15) is 0 Å². The molecule has 146 valence electrons. The van der Waals surface area contributed by atoms with E-state index in [0.29, 0.717) is 5.69 Å². The number of aryl methyl sites for hydroxylation is 1. The number of benzene rings is 2. The van der Waals surface area contributed by atoms with E-state index in [4.69, 9.17) is 5.73 Å². The summed E-state index contributed by atoms with van der Waals surface area (Å²) in [4.78, 5) is 46.5. The molecule has 2 amide bonds. The predicted molar refractivity (Wildman–Crippen MR) is 101 cm³/mol. The van der Waals surface area contributed by atoms with Crippen LogP contribution in [0.25, 0.3) is 0 Å². The lowest BCUT2D eigenvalue weighted by Crippen LogP contribution is -2.34. The minimum absolute atomic E-state index is 0.00247. The Labute approximate surface area is 159 Å². The quantitative estimate of drug-likeness (QED) is 0.571. The number of nitro groups is 2. The molecule has 2 rings (SSSR count). The first-order chi connectivity index (χ1) is 13.1. The van der Waals surface area contributed by atoms with E-state index < -0.39 is 33.0 Å². The molecule has 0 aliphatic rings. The summed E-state index contributed by atoms with van der Waals surface area (Å²) in [7, 11) is 0. The van der Waals surface area contributed by atoms with E-state index in [1.165, 1.54) is 11.8 Å². The van der Waals surface area contributed by atoms with Gasteiger partial charge in [0.2, 0.25) is 5.91 Å². The smallest absolute Gasteiger partial charge is 0.279 e. The van der Waals surface area contributed by atoms with E-state index in [9.17, 15) is 29.8 Å². The molecule has 0 heterocycles. The summed E-state index contributed by atoms with van der Waals surface area (Å²) in [6.45, 7) is 3.08. The highest BCUT2D eigenvalue weighted by atomic mass is 16.6. The Morgan fingerprint density at radius 3 is 2.29 bits per heavy atom. The molecular weight excluding hydrogens is 368 g/mol. The summed E-state index contributed by atoms with van der Waals surface area (Å²) in [6, 6.07) is 8.65. The number of non-ortho nitro benzene ring substituents is 1. The number of anilines is 1. The van der Waals surface area contributed by atoms with Crippen molar-refractivity contribution >= 4 is 28.9 Å². The molecule has 2 aromatic rings. The summed E-state index contributed by atoms with van der Waals surface area (Å²) in [5, 5.41) is 22.4. The van der Waals surface area contributed by atoms with Crippen LogP contribution in [-0.4, -0.2) is 28.2 Å². The maximum Gasteiger partial charge on any atom is 0.279 e. The highest BCUT2D eigenvalue weighted by Gasteiger charge is 2.28. The van der Waals surface area contributed by atoms with Crippen LogP contribution in [0.4, 0.5) is 17.1 Å². The average molecular weight is 386 g/mol. The highest BCUT2D eigenvalue weighted by molar-refractivity contribution is 6.08. The second-order valence-corrected chi connectivity index (χ2v) is 6.16. The van der Waals surface area contributed by atoms with E-state index in [2.05, 4.69) is 0 Å². The summed E-state index contributed by atoms with van der Waals surface area (Å²) in [5.41, 5.74) is 5.19. The molecule has 0 aliphatic heterocycles. The van der Waals surface area contributed by atoms with Gasteiger partial charge in [0.15, 0.2) is 0 Å². The number of carbonyl (C=O) groups is 2. The van der Waals surface area contributed by atoms with Gasteiger partial charge in [0.1, 0.15) is 0 Å². The fraction of sp³-hybridized carbons (Fsp3) is 0.222. The van der Waals surface area contributed by atoms with Crippen LogP contribution in [0.1, 0.15) is 27.9 Å². The van der Waals surface area contributed by atoms with Crippen molar-refractivity contribution in [2.24, 2.45) is 5.73 Å². The molecule has 0 aliphatic carbocycles. The van der Waals surface area contributed by atoms with Crippen LogP contribution in [0.15, 0.2) is 36.4 Å². The van der Waals surface area contributed by atoms with Crippen LogP contribution in [0.2, 0.25) is 0 Å².